The number of piperazine rings is 4. The summed E-state index contributed by atoms with van der Waals surface area (Å²) in [6, 6.07) is 37.3. The Labute approximate surface area is 719 Å². The molecule has 8 heterocycles. The monoisotopic (exact) mass is 1730 g/mol. The van der Waals surface area contributed by atoms with E-state index in [-0.39, 0.29) is 77.0 Å². The minimum atomic E-state index is -0.927. The number of esters is 4. The molecule has 4 fully saturated rings. The quantitative estimate of drug-likeness (QED) is 0.0351. The Morgan fingerprint density at radius 3 is 1.00 bits per heavy atom. The number of hydrogen-bond acceptors (Lipinski definition) is 17. The lowest BCUT2D eigenvalue weighted by Crippen LogP contribution is -2.49. The Kier molecular flexibility index (Phi) is 30.0. The summed E-state index contributed by atoms with van der Waals surface area (Å²) in [6.45, 7) is 30.8. The van der Waals surface area contributed by atoms with Crippen LogP contribution in [0.15, 0.2) is 126 Å². The molecule has 644 valence electrons. The van der Waals surface area contributed by atoms with Gasteiger partial charge >= 0.3 is 23.9 Å². The molecule has 16 rings (SSSR count). The van der Waals surface area contributed by atoms with Crippen molar-refractivity contribution in [3.05, 3.63) is 271 Å². The average Bonchev–Trinajstić information content (AvgIpc) is 1.41. The summed E-state index contributed by atoms with van der Waals surface area (Å²) in [5.74, 6) is -3.13. The van der Waals surface area contributed by atoms with E-state index in [1.165, 1.54) is 65.9 Å². The third-order valence-electron chi connectivity index (χ3n) is 24.5. The summed E-state index contributed by atoms with van der Waals surface area (Å²) in [6.07, 6.45) is 4.29. The fourth-order valence-corrected chi connectivity index (χ4v) is 16.9. The Morgan fingerprint density at radius 1 is 0.344 bits per heavy atom. The van der Waals surface area contributed by atoms with Gasteiger partial charge in [-0.3, -0.25) is 38.8 Å². The Bertz CT molecular complexity index is 5040. The van der Waals surface area contributed by atoms with Gasteiger partial charge in [-0.15, -0.1) is 0 Å². The third kappa shape index (κ3) is 22.8. The van der Waals surface area contributed by atoms with Crippen molar-refractivity contribution in [2.45, 2.75) is 126 Å². The number of aryl methyl sites for hydroxylation is 4. The highest BCUT2D eigenvalue weighted by Crippen LogP contribution is 2.31. The summed E-state index contributed by atoms with van der Waals surface area (Å²) in [5.41, 5.74) is 18.9. The number of benzene rings is 8. The van der Waals surface area contributed by atoms with Crippen LogP contribution in [0.1, 0.15) is 148 Å². The molecule has 0 bridgehead atoms. The van der Waals surface area contributed by atoms with Crippen molar-refractivity contribution in [2.24, 2.45) is 0 Å². The molecule has 8 aromatic rings. The molecule has 0 aromatic heterocycles. The minimum absolute atomic E-state index is 0.00400. The first kappa shape index (κ1) is 89.1. The Balaban J connectivity index is 0.000000140. The second-order valence-corrected chi connectivity index (χ2v) is 33.6. The minimum Gasteiger partial charge on any atom is -0.494 e. The number of ether oxygens (including phenoxy) is 5. The van der Waals surface area contributed by atoms with Crippen LogP contribution in [0.4, 0.5) is 17.6 Å². The molecule has 4 amide bonds. The van der Waals surface area contributed by atoms with E-state index in [0.29, 0.717) is 99.9 Å². The zero-order chi connectivity index (χ0) is 86.4. The molecule has 0 N–H and O–H groups in total. The lowest BCUT2D eigenvalue weighted by molar-refractivity contribution is -0.133. The highest BCUT2D eigenvalue weighted by Gasteiger charge is 2.31. The highest BCUT2D eigenvalue weighted by molar-refractivity contribution is 9.10. The first-order valence-corrected chi connectivity index (χ1v) is 43.0. The second kappa shape index (κ2) is 41.0. The number of amides is 4. The number of rotatable bonds is 22. The zero-order valence-corrected chi connectivity index (χ0v) is 72.2. The first-order chi connectivity index (χ1) is 58.7. The predicted molar refractivity (Wildman–Crippen MR) is 457 cm³/mol. The topological polar surface area (TPSA) is 209 Å². The molecule has 0 aliphatic carbocycles. The van der Waals surface area contributed by atoms with Crippen molar-refractivity contribution in [3.63, 3.8) is 0 Å². The van der Waals surface area contributed by atoms with Crippen molar-refractivity contribution < 1.29 is 79.6 Å². The van der Waals surface area contributed by atoms with Gasteiger partial charge in [-0.05, 0) is 184 Å². The lowest BCUT2D eigenvalue weighted by Gasteiger charge is -2.35. The van der Waals surface area contributed by atoms with Crippen LogP contribution in [0.25, 0.3) is 0 Å². The number of nitrogens with zero attached hydrogens (tertiary/aromatic N) is 8. The molecule has 21 nitrogen and oxygen atoms in total. The molecule has 8 aliphatic rings. The lowest BCUT2D eigenvalue weighted by atomic mass is 9.99. The number of hydrogen-bond donors (Lipinski definition) is 0. The molecule has 0 atom stereocenters. The summed E-state index contributed by atoms with van der Waals surface area (Å²) in [4.78, 5) is 114. The molecule has 0 unspecified atom stereocenters. The Hall–Kier alpha value is -10.6. The van der Waals surface area contributed by atoms with E-state index in [0.717, 1.165) is 191 Å². The van der Waals surface area contributed by atoms with Gasteiger partial charge in [0.05, 0.1) is 54.5 Å². The SMILES string of the molecule is CCOc1cc(C)c(Br)cc1CC(=O)N1CCN(CCc2ccc3c(c2)COC3=O)CC1.Cc1c(F)cc(CC(=O)N2CCN(CCc3ccc4c(c3)COC4=O)CC2)cc1F.Cc1cc(CC(=O)N2CCN(CCc3ccc4c(c3)COC4=O)CC2)cc(C)c1C.Cc1ccc(CC(=O)N2CCN(CCc3ccc4c(c3)COC4=O)CC2)c(F)c1F. The summed E-state index contributed by atoms with van der Waals surface area (Å²) in [7, 11) is 0. The normalized spacial score (nSPS) is 16.4. The van der Waals surface area contributed by atoms with Gasteiger partial charge in [0.25, 0.3) is 0 Å². The number of carbonyl (C=O) groups excluding carboxylic acids is 8. The fraction of sp³-hybridized carbons (Fsp3) is 0.417. The van der Waals surface area contributed by atoms with E-state index >= 15 is 0 Å². The predicted octanol–water partition coefficient (Wildman–Crippen LogP) is 12.7. The van der Waals surface area contributed by atoms with E-state index in [4.69, 9.17) is 23.7 Å². The van der Waals surface area contributed by atoms with Crippen molar-refractivity contribution in [3.8, 4) is 5.75 Å². The van der Waals surface area contributed by atoms with Crippen molar-refractivity contribution in [1.82, 2.24) is 39.2 Å². The van der Waals surface area contributed by atoms with Gasteiger partial charge in [0.2, 0.25) is 23.6 Å². The van der Waals surface area contributed by atoms with Gasteiger partial charge in [-0.25, -0.2) is 36.7 Å². The van der Waals surface area contributed by atoms with Crippen LogP contribution < -0.4 is 4.74 Å². The maximum absolute atomic E-state index is 14.0. The van der Waals surface area contributed by atoms with Crippen molar-refractivity contribution in [1.29, 1.82) is 0 Å². The van der Waals surface area contributed by atoms with Crippen LogP contribution in [0.3, 0.4) is 0 Å². The van der Waals surface area contributed by atoms with Gasteiger partial charge < -0.3 is 43.3 Å². The number of carbonyl (C=O) groups is 8. The first-order valence-electron chi connectivity index (χ1n) is 42.2. The third-order valence-corrected chi connectivity index (χ3v) is 25.3. The molecular formula is C96H107BrF4N8O13. The largest absolute Gasteiger partial charge is 0.494 e. The molecule has 122 heavy (non-hydrogen) atoms. The van der Waals surface area contributed by atoms with Crippen LogP contribution in [0.2, 0.25) is 0 Å². The van der Waals surface area contributed by atoms with Crippen LogP contribution in [0.5, 0.6) is 5.75 Å². The second-order valence-electron chi connectivity index (χ2n) is 32.7. The molecule has 0 spiro atoms. The van der Waals surface area contributed by atoms with Gasteiger partial charge in [-0.2, -0.15) is 0 Å². The van der Waals surface area contributed by atoms with Crippen molar-refractivity contribution >= 4 is 63.4 Å². The van der Waals surface area contributed by atoms with E-state index in [1.54, 1.807) is 9.80 Å². The number of cyclic esters (lactones) is 4. The molecular weight excluding hydrogens is 1630 g/mol. The van der Waals surface area contributed by atoms with Gasteiger partial charge in [0.15, 0.2) is 11.6 Å². The standard InChI is InChI=1S/C25H29BrN2O4.C25H30N2O3.2C23H24F2N2O3/c1-3-31-23-12-17(2)22(26)14-19(23)15-24(29)28-10-8-27(9-11-28)7-6-18-4-5-21-20(13-18)16-32-25(21)30;1-17-12-21(13-18(2)19(17)3)15-24(28)27-10-8-26(9-11-27)7-6-20-4-5-23-22(14-20)16-30-25(23)29;1-15-2-4-17(22(25)21(15)24)13-20(28)27-10-8-26(9-11-27)7-6-16-3-5-19-18(12-16)14-30-23(19)29;1-15-20(24)11-17(12-21(15)25)13-22(28)27-8-6-26(7-9-27)5-4-16-2-3-19-18(10-16)14-30-23(19)29/h4-5,12-14H,3,6-11,15-16H2,1-2H3;4-5,12-14H,6-11,15-16H2,1-3H3;2-5,12H,6-11,13-14H2,1H3;2-3,10-12H,4-9,13-14H2,1H3. The maximum Gasteiger partial charge on any atom is 0.338 e. The Morgan fingerprint density at radius 2 is 0.664 bits per heavy atom. The van der Waals surface area contributed by atoms with Gasteiger partial charge in [-0.1, -0.05) is 88.7 Å². The summed E-state index contributed by atoms with van der Waals surface area (Å²) < 4.78 is 82.2. The molecule has 0 radical (unpaired) electrons. The maximum atomic E-state index is 14.0. The van der Waals surface area contributed by atoms with Gasteiger partial charge in [0, 0.05) is 174 Å². The summed E-state index contributed by atoms with van der Waals surface area (Å²) in [5, 5.41) is 0. The molecule has 8 aliphatic heterocycles. The van der Waals surface area contributed by atoms with E-state index in [1.807, 2.05) is 96.4 Å². The van der Waals surface area contributed by atoms with Crippen LogP contribution in [0, 0.1) is 64.8 Å². The van der Waals surface area contributed by atoms with Crippen LogP contribution in [-0.2, 0) is 116 Å². The molecule has 4 saturated heterocycles. The number of halogens is 5. The van der Waals surface area contributed by atoms with Crippen LogP contribution in [-0.4, -0.2) is 224 Å². The molecule has 0 saturated carbocycles. The van der Waals surface area contributed by atoms with E-state index in [9.17, 15) is 55.9 Å². The fourth-order valence-electron chi connectivity index (χ4n) is 16.5. The zero-order valence-electron chi connectivity index (χ0n) is 70.7. The van der Waals surface area contributed by atoms with Crippen LogP contribution >= 0.6 is 15.9 Å². The van der Waals surface area contributed by atoms with Gasteiger partial charge in [0.1, 0.15) is 43.8 Å². The average molecular weight is 1740 g/mol. The molecule has 26 heteroatoms. The molecule has 8 aromatic carbocycles. The van der Waals surface area contributed by atoms with E-state index in [2.05, 4.69) is 80.6 Å². The summed E-state index contributed by atoms with van der Waals surface area (Å²) >= 11 is 3.57. The number of fused-ring (bicyclic) bond motifs is 4. The smallest absolute Gasteiger partial charge is 0.338 e. The highest BCUT2D eigenvalue weighted by atomic mass is 79.9. The van der Waals surface area contributed by atoms with E-state index < -0.39 is 23.3 Å². The van der Waals surface area contributed by atoms with Crippen molar-refractivity contribution in [2.75, 3.05) is 138 Å².